The highest BCUT2D eigenvalue weighted by molar-refractivity contribution is 7.92. The largest absolute Gasteiger partial charge is 0.493 e. The van der Waals surface area contributed by atoms with E-state index in [1.165, 1.54) is 12.1 Å². The molecule has 3 rings (SSSR count). The maximum Gasteiger partial charge on any atom is 0.261 e. The number of benzene rings is 3. The Labute approximate surface area is 188 Å². The Morgan fingerprint density at radius 2 is 1.59 bits per heavy atom. The van der Waals surface area contributed by atoms with Crippen molar-refractivity contribution in [2.24, 2.45) is 0 Å². The average Bonchev–Trinajstić information content (AvgIpc) is 2.80. The van der Waals surface area contributed by atoms with Gasteiger partial charge < -0.3 is 14.8 Å². The quantitative estimate of drug-likeness (QED) is 0.529. The third kappa shape index (κ3) is 5.20. The highest BCUT2D eigenvalue weighted by Crippen LogP contribution is 2.30. The number of sulfonamides is 1. The van der Waals surface area contributed by atoms with Crippen LogP contribution in [-0.2, 0) is 10.0 Å². The predicted octanol–water partition coefficient (Wildman–Crippen LogP) is 4.30. The minimum Gasteiger partial charge on any atom is -0.493 e. The summed E-state index contributed by atoms with van der Waals surface area (Å²) in [6.07, 6.45) is 0. The molecule has 0 aliphatic rings. The number of methoxy groups -OCH3 is 2. The van der Waals surface area contributed by atoms with Crippen LogP contribution in [0.4, 0.5) is 5.69 Å². The van der Waals surface area contributed by atoms with Gasteiger partial charge in [-0.25, -0.2) is 8.42 Å². The number of hydrogen-bond donors (Lipinski definition) is 2. The Hall–Kier alpha value is -3.52. The van der Waals surface area contributed by atoms with Gasteiger partial charge >= 0.3 is 0 Å². The standard InChI is InChI=1S/C24H26N2O5S/c1-16-14-19(10-12-21(16)26-32(28,29)20-8-6-5-7-9-20)24(27)25-17(2)18-11-13-22(30-3)23(15-18)31-4/h5-15,17,26H,1-4H3,(H,25,27)/t17-/m0/s1. The Kier molecular flexibility index (Phi) is 7.05. The van der Waals surface area contributed by atoms with E-state index in [1.54, 1.807) is 63.6 Å². The maximum absolute atomic E-state index is 12.8. The molecular formula is C24H26N2O5S. The molecule has 0 saturated carbocycles. The van der Waals surface area contributed by atoms with Crippen molar-refractivity contribution < 1.29 is 22.7 Å². The van der Waals surface area contributed by atoms with E-state index in [9.17, 15) is 13.2 Å². The zero-order valence-electron chi connectivity index (χ0n) is 18.4. The molecule has 0 aliphatic heterocycles. The second-order valence-electron chi connectivity index (χ2n) is 7.26. The highest BCUT2D eigenvalue weighted by atomic mass is 32.2. The van der Waals surface area contributed by atoms with Crippen molar-refractivity contribution in [1.82, 2.24) is 5.32 Å². The van der Waals surface area contributed by atoms with Crippen LogP contribution in [0.1, 0.15) is 34.5 Å². The van der Waals surface area contributed by atoms with Crippen LogP contribution in [0.2, 0.25) is 0 Å². The third-order valence-electron chi connectivity index (χ3n) is 5.04. The number of aryl methyl sites for hydroxylation is 1. The minimum absolute atomic E-state index is 0.171. The zero-order valence-corrected chi connectivity index (χ0v) is 19.2. The predicted molar refractivity (Wildman–Crippen MR) is 124 cm³/mol. The number of nitrogens with one attached hydrogen (secondary N) is 2. The molecule has 32 heavy (non-hydrogen) atoms. The van der Waals surface area contributed by atoms with Gasteiger partial charge in [-0.1, -0.05) is 24.3 Å². The first-order valence-corrected chi connectivity index (χ1v) is 11.4. The molecule has 0 bridgehead atoms. The van der Waals surface area contributed by atoms with E-state index in [2.05, 4.69) is 10.0 Å². The molecule has 0 radical (unpaired) electrons. The summed E-state index contributed by atoms with van der Waals surface area (Å²) in [6.45, 7) is 3.62. The first kappa shape index (κ1) is 23.1. The van der Waals surface area contributed by atoms with Crippen molar-refractivity contribution in [3.63, 3.8) is 0 Å². The minimum atomic E-state index is -3.71. The van der Waals surface area contributed by atoms with Crippen LogP contribution >= 0.6 is 0 Å². The summed E-state index contributed by atoms with van der Waals surface area (Å²) in [6, 6.07) is 18.1. The Bertz CT molecular complexity index is 1210. The zero-order chi connectivity index (χ0) is 23.3. The number of anilines is 1. The molecule has 168 valence electrons. The number of carbonyl (C=O) groups is 1. The van der Waals surface area contributed by atoms with Gasteiger partial charge in [-0.3, -0.25) is 9.52 Å². The number of rotatable bonds is 8. The van der Waals surface area contributed by atoms with Crippen LogP contribution in [0.3, 0.4) is 0 Å². The SMILES string of the molecule is COc1ccc([C@H](C)NC(=O)c2ccc(NS(=O)(=O)c3ccccc3)c(C)c2)cc1OC. The van der Waals surface area contributed by atoms with Gasteiger partial charge in [-0.05, 0) is 67.4 Å². The highest BCUT2D eigenvalue weighted by Gasteiger charge is 2.17. The normalized spacial score (nSPS) is 12.0. The summed E-state index contributed by atoms with van der Waals surface area (Å²) in [4.78, 5) is 12.9. The lowest BCUT2D eigenvalue weighted by Crippen LogP contribution is -2.26. The summed E-state index contributed by atoms with van der Waals surface area (Å²) < 4.78 is 38.3. The van der Waals surface area contributed by atoms with Crippen molar-refractivity contribution in [3.8, 4) is 11.5 Å². The lowest BCUT2D eigenvalue weighted by Gasteiger charge is -2.17. The smallest absolute Gasteiger partial charge is 0.261 e. The number of ether oxygens (including phenoxy) is 2. The van der Waals surface area contributed by atoms with Crippen molar-refractivity contribution in [1.29, 1.82) is 0 Å². The summed E-state index contributed by atoms with van der Waals surface area (Å²) in [5.41, 5.74) is 2.34. The summed E-state index contributed by atoms with van der Waals surface area (Å²) >= 11 is 0. The molecule has 0 fully saturated rings. The average molecular weight is 455 g/mol. The van der Waals surface area contributed by atoms with E-state index >= 15 is 0 Å². The molecule has 3 aromatic rings. The lowest BCUT2D eigenvalue weighted by molar-refractivity contribution is 0.0939. The van der Waals surface area contributed by atoms with Crippen LogP contribution in [0, 0.1) is 6.92 Å². The molecule has 0 aromatic heterocycles. The molecule has 0 saturated heterocycles. The second-order valence-corrected chi connectivity index (χ2v) is 8.94. The summed E-state index contributed by atoms with van der Waals surface area (Å²) in [5.74, 6) is 0.920. The van der Waals surface area contributed by atoms with E-state index < -0.39 is 10.0 Å². The first-order chi connectivity index (χ1) is 15.2. The van der Waals surface area contributed by atoms with Crippen LogP contribution < -0.4 is 19.5 Å². The van der Waals surface area contributed by atoms with E-state index in [0.717, 1.165) is 5.56 Å². The molecule has 3 aromatic carbocycles. The fraction of sp³-hybridized carbons (Fsp3) is 0.208. The van der Waals surface area contributed by atoms with Gasteiger partial charge in [-0.2, -0.15) is 0 Å². The monoisotopic (exact) mass is 454 g/mol. The van der Waals surface area contributed by atoms with E-state index in [0.29, 0.717) is 28.3 Å². The van der Waals surface area contributed by atoms with E-state index in [-0.39, 0.29) is 16.8 Å². The van der Waals surface area contributed by atoms with E-state index in [1.807, 2.05) is 19.1 Å². The van der Waals surface area contributed by atoms with Gasteiger partial charge in [0.1, 0.15) is 0 Å². The second kappa shape index (κ2) is 9.74. The molecule has 2 N–H and O–H groups in total. The molecule has 7 nitrogen and oxygen atoms in total. The first-order valence-electron chi connectivity index (χ1n) is 9.96. The molecule has 0 unspecified atom stereocenters. The van der Waals surface area contributed by atoms with Crippen LogP contribution in [0.15, 0.2) is 71.6 Å². The number of carbonyl (C=O) groups excluding carboxylic acids is 1. The lowest BCUT2D eigenvalue weighted by atomic mass is 10.1. The van der Waals surface area contributed by atoms with Gasteiger partial charge in [0.2, 0.25) is 0 Å². The van der Waals surface area contributed by atoms with Crippen molar-refractivity contribution >= 4 is 21.6 Å². The van der Waals surface area contributed by atoms with Crippen molar-refractivity contribution in [3.05, 3.63) is 83.4 Å². The number of amides is 1. The number of hydrogen-bond acceptors (Lipinski definition) is 5. The van der Waals surface area contributed by atoms with Gasteiger partial charge in [0.05, 0.1) is 30.8 Å². The van der Waals surface area contributed by atoms with Crippen LogP contribution in [-0.4, -0.2) is 28.5 Å². The Balaban J connectivity index is 1.74. The maximum atomic E-state index is 12.8. The van der Waals surface area contributed by atoms with Gasteiger partial charge in [0.25, 0.3) is 15.9 Å². The topological polar surface area (TPSA) is 93.7 Å². The van der Waals surface area contributed by atoms with Crippen LogP contribution in [0.25, 0.3) is 0 Å². The van der Waals surface area contributed by atoms with Gasteiger partial charge in [0.15, 0.2) is 11.5 Å². The summed E-state index contributed by atoms with van der Waals surface area (Å²) in [5, 5.41) is 2.95. The Morgan fingerprint density at radius 3 is 2.22 bits per heavy atom. The molecule has 8 heteroatoms. The van der Waals surface area contributed by atoms with Crippen molar-refractivity contribution in [2.75, 3.05) is 18.9 Å². The third-order valence-corrected chi connectivity index (χ3v) is 6.42. The van der Waals surface area contributed by atoms with E-state index in [4.69, 9.17) is 9.47 Å². The molecule has 1 amide bonds. The van der Waals surface area contributed by atoms with Gasteiger partial charge in [-0.15, -0.1) is 0 Å². The summed E-state index contributed by atoms with van der Waals surface area (Å²) in [7, 11) is -0.588. The van der Waals surface area contributed by atoms with Crippen LogP contribution in [0.5, 0.6) is 11.5 Å². The molecular weight excluding hydrogens is 428 g/mol. The molecule has 0 heterocycles. The Morgan fingerprint density at radius 1 is 0.906 bits per heavy atom. The molecule has 0 aliphatic carbocycles. The fourth-order valence-electron chi connectivity index (χ4n) is 3.21. The van der Waals surface area contributed by atoms with Crippen molar-refractivity contribution in [2.45, 2.75) is 24.8 Å². The van der Waals surface area contributed by atoms with Gasteiger partial charge in [0, 0.05) is 5.56 Å². The fourth-order valence-corrected chi connectivity index (χ4v) is 4.36. The molecule has 0 spiro atoms. The molecule has 1 atom stereocenters.